The Morgan fingerprint density at radius 1 is 1.16 bits per heavy atom. The number of nitrogens with one attached hydrogen (secondary N) is 2. The predicted octanol–water partition coefficient (Wildman–Crippen LogP) is 2.95. The van der Waals surface area contributed by atoms with Gasteiger partial charge in [0, 0.05) is 6.04 Å². The van der Waals surface area contributed by atoms with Crippen LogP contribution in [0.3, 0.4) is 0 Å². The standard InChI is InChI=1S/C14H26N4O/c1-3-5-11-6-8-12(9-7-11)16-14-18-17-13(19-14)10-15-4-2/h11-12,15H,3-10H2,1-2H3,(H,16,18). The summed E-state index contributed by atoms with van der Waals surface area (Å²) >= 11 is 0. The minimum Gasteiger partial charge on any atom is -0.407 e. The molecule has 0 radical (unpaired) electrons. The van der Waals surface area contributed by atoms with Gasteiger partial charge < -0.3 is 15.1 Å². The fourth-order valence-electron chi connectivity index (χ4n) is 2.79. The molecule has 19 heavy (non-hydrogen) atoms. The summed E-state index contributed by atoms with van der Waals surface area (Å²) in [6.07, 6.45) is 7.76. The van der Waals surface area contributed by atoms with Crippen molar-refractivity contribution in [3.8, 4) is 0 Å². The fourth-order valence-corrected chi connectivity index (χ4v) is 2.79. The molecule has 0 aliphatic heterocycles. The van der Waals surface area contributed by atoms with Crippen molar-refractivity contribution in [2.24, 2.45) is 5.92 Å². The molecule has 5 nitrogen and oxygen atoms in total. The van der Waals surface area contributed by atoms with E-state index < -0.39 is 0 Å². The highest BCUT2D eigenvalue weighted by molar-refractivity contribution is 5.19. The van der Waals surface area contributed by atoms with Crippen molar-refractivity contribution in [2.45, 2.75) is 65.0 Å². The Kier molecular flexibility index (Phi) is 5.63. The van der Waals surface area contributed by atoms with Crippen molar-refractivity contribution in [1.29, 1.82) is 0 Å². The number of aromatic nitrogens is 2. The van der Waals surface area contributed by atoms with Crippen molar-refractivity contribution in [2.75, 3.05) is 11.9 Å². The largest absolute Gasteiger partial charge is 0.407 e. The first kappa shape index (κ1) is 14.3. The van der Waals surface area contributed by atoms with Gasteiger partial charge in [-0.25, -0.2) is 0 Å². The van der Waals surface area contributed by atoms with E-state index in [2.05, 4.69) is 34.7 Å². The lowest BCUT2D eigenvalue weighted by molar-refractivity contribution is 0.315. The molecule has 1 fully saturated rings. The third-order valence-corrected chi connectivity index (χ3v) is 3.86. The van der Waals surface area contributed by atoms with Gasteiger partial charge >= 0.3 is 6.01 Å². The van der Waals surface area contributed by atoms with Crippen LogP contribution in [0.4, 0.5) is 6.01 Å². The van der Waals surface area contributed by atoms with Gasteiger partial charge in [-0.1, -0.05) is 31.8 Å². The number of hydrogen-bond donors (Lipinski definition) is 2. The van der Waals surface area contributed by atoms with Crippen LogP contribution >= 0.6 is 0 Å². The third-order valence-electron chi connectivity index (χ3n) is 3.86. The Morgan fingerprint density at radius 3 is 2.63 bits per heavy atom. The molecular weight excluding hydrogens is 240 g/mol. The summed E-state index contributed by atoms with van der Waals surface area (Å²) in [5, 5.41) is 14.6. The minimum absolute atomic E-state index is 0.501. The van der Waals surface area contributed by atoms with Crippen LogP contribution in [0.5, 0.6) is 0 Å². The highest BCUT2D eigenvalue weighted by Crippen LogP contribution is 2.29. The first-order valence-electron chi connectivity index (χ1n) is 7.61. The highest BCUT2D eigenvalue weighted by Gasteiger charge is 2.21. The Balaban J connectivity index is 1.74. The SMILES string of the molecule is CCCC1CCC(Nc2nnc(CNCC)o2)CC1. The van der Waals surface area contributed by atoms with Crippen LogP contribution in [0, 0.1) is 5.92 Å². The van der Waals surface area contributed by atoms with Crippen molar-refractivity contribution < 1.29 is 4.42 Å². The van der Waals surface area contributed by atoms with Crippen LogP contribution in [0.15, 0.2) is 4.42 Å². The normalized spacial score (nSPS) is 23.5. The minimum atomic E-state index is 0.501. The van der Waals surface area contributed by atoms with E-state index in [9.17, 15) is 0 Å². The molecule has 1 aliphatic rings. The zero-order valence-electron chi connectivity index (χ0n) is 12.1. The molecular formula is C14H26N4O. The van der Waals surface area contributed by atoms with E-state index in [-0.39, 0.29) is 0 Å². The predicted molar refractivity (Wildman–Crippen MR) is 76.0 cm³/mol. The average molecular weight is 266 g/mol. The van der Waals surface area contributed by atoms with Crippen molar-refractivity contribution in [1.82, 2.24) is 15.5 Å². The average Bonchev–Trinajstić information content (AvgIpc) is 2.87. The summed E-state index contributed by atoms with van der Waals surface area (Å²) in [5.41, 5.74) is 0. The van der Waals surface area contributed by atoms with Gasteiger partial charge in [-0.15, -0.1) is 5.10 Å². The lowest BCUT2D eigenvalue weighted by Gasteiger charge is -2.28. The third kappa shape index (κ3) is 4.49. The molecule has 0 amide bonds. The summed E-state index contributed by atoms with van der Waals surface area (Å²) < 4.78 is 5.57. The first-order valence-corrected chi connectivity index (χ1v) is 7.61. The quantitative estimate of drug-likeness (QED) is 0.794. The molecule has 5 heteroatoms. The van der Waals surface area contributed by atoms with Crippen molar-refractivity contribution in [3.05, 3.63) is 5.89 Å². The van der Waals surface area contributed by atoms with Crippen molar-refractivity contribution >= 4 is 6.01 Å². The summed E-state index contributed by atoms with van der Waals surface area (Å²) in [6, 6.07) is 1.08. The molecule has 0 saturated heterocycles. The summed E-state index contributed by atoms with van der Waals surface area (Å²) in [7, 11) is 0. The summed E-state index contributed by atoms with van der Waals surface area (Å²) in [5.74, 6) is 1.58. The van der Waals surface area contributed by atoms with Crippen LogP contribution in [-0.2, 0) is 6.54 Å². The summed E-state index contributed by atoms with van der Waals surface area (Å²) in [4.78, 5) is 0. The van der Waals surface area contributed by atoms with Crippen molar-refractivity contribution in [3.63, 3.8) is 0 Å². The molecule has 1 aliphatic carbocycles. The lowest BCUT2D eigenvalue weighted by atomic mass is 9.83. The molecule has 0 aromatic carbocycles. The Labute approximate surface area is 115 Å². The lowest BCUT2D eigenvalue weighted by Crippen LogP contribution is -2.26. The molecule has 108 valence electrons. The van der Waals surface area contributed by atoms with Gasteiger partial charge in [0.2, 0.25) is 5.89 Å². The second-order valence-electron chi connectivity index (χ2n) is 5.43. The van der Waals surface area contributed by atoms with E-state index in [1.54, 1.807) is 0 Å². The second-order valence-corrected chi connectivity index (χ2v) is 5.43. The van der Waals surface area contributed by atoms with Crippen LogP contribution in [0.25, 0.3) is 0 Å². The Hall–Kier alpha value is -1.10. The first-order chi connectivity index (χ1) is 9.31. The van der Waals surface area contributed by atoms with Crippen LogP contribution in [-0.4, -0.2) is 22.8 Å². The molecule has 1 aromatic heterocycles. The molecule has 0 spiro atoms. The molecule has 0 bridgehead atoms. The smallest absolute Gasteiger partial charge is 0.315 e. The molecule has 1 aromatic rings. The van der Waals surface area contributed by atoms with Gasteiger partial charge in [0.05, 0.1) is 6.54 Å². The number of anilines is 1. The van der Waals surface area contributed by atoms with Gasteiger partial charge in [0.25, 0.3) is 0 Å². The maximum absolute atomic E-state index is 5.57. The maximum Gasteiger partial charge on any atom is 0.315 e. The number of hydrogen-bond acceptors (Lipinski definition) is 5. The zero-order valence-corrected chi connectivity index (χ0v) is 12.1. The zero-order chi connectivity index (χ0) is 13.5. The van der Waals surface area contributed by atoms with Gasteiger partial charge in [0.1, 0.15) is 0 Å². The maximum atomic E-state index is 5.57. The molecule has 0 unspecified atom stereocenters. The van der Waals surface area contributed by atoms with E-state index >= 15 is 0 Å². The van der Waals surface area contributed by atoms with Gasteiger partial charge in [-0.2, -0.15) is 0 Å². The van der Waals surface area contributed by atoms with Gasteiger partial charge in [-0.05, 0) is 38.1 Å². The van der Waals surface area contributed by atoms with E-state index in [1.165, 1.54) is 38.5 Å². The van der Waals surface area contributed by atoms with E-state index in [1.807, 2.05) is 0 Å². The molecule has 1 heterocycles. The molecule has 0 atom stereocenters. The highest BCUT2D eigenvalue weighted by atomic mass is 16.4. The number of nitrogens with zero attached hydrogens (tertiary/aromatic N) is 2. The number of rotatable bonds is 7. The Morgan fingerprint density at radius 2 is 1.95 bits per heavy atom. The molecule has 1 saturated carbocycles. The fraction of sp³-hybridized carbons (Fsp3) is 0.857. The van der Waals surface area contributed by atoms with Gasteiger partial charge in [0.15, 0.2) is 0 Å². The van der Waals surface area contributed by atoms with Crippen LogP contribution < -0.4 is 10.6 Å². The second kappa shape index (κ2) is 7.48. The topological polar surface area (TPSA) is 63.0 Å². The monoisotopic (exact) mass is 266 g/mol. The van der Waals surface area contributed by atoms with Gasteiger partial charge in [-0.3, -0.25) is 0 Å². The van der Waals surface area contributed by atoms with E-state index in [4.69, 9.17) is 4.42 Å². The van der Waals surface area contributed by atoms with E-state index in [0.717, 1.165) is 12.5 Å². The van der Waals surface area contributed by atoms with Crippen LogP contribution in [0.1, 0.15) is 58.3 Å². The van der Waals surface area contributed by atoms with Crippen LogP contribution in [0.2, 0.25) is 0 Å². The van der Waals surface area contributed by atoms with E-state index in [0.29, 0.717) is 24.5 Å². The Bertz CT molecular complexity index is 358. The molecule has 2 rings (SSSR count). The summed E-state index contributed by atoms with van der Waals surface area (Å²) in [6.45, 7) is 5.89. The molecule has 2 N–H and O–H groups in total.